The third-order valence-corrected chi connectivity index (χ3v) is 2.60. The van der Waals surface area contributed by atoms with Crippen LogP contribution in [0.1, 0.15) is 24.4 Å². The fourth-order valence-electron chi connectivity index (χ4n) is 1.70. The molecule has 0 saturated carbocycles. The summed E-state index contributed by atoms with van der Waals surface area (Å²) in [6, 6.07) is 1.46. The standard InChI is InChI=1S/C10H13N3O2/c1-6-3-9(15)12-10(11-6)8-4-13(5-8)7(2)14/h3,8H,4-5H2,1-2H3,(H,11,12,15). The van der Waals surface area contributed by atoms with E-state index in [1.54, 1.807) is 18.7 Å². The predicted octanol–water partition coefficient (Wildman–Crippen LogP) is 0.0240. The van der Waals surface area contributed by atoms with Crippen molar-refractivity contribution < 1.29 is 4.79 Å². The van der Waals surface area contributed by atoms with Crippen molar-refractivity contribution >= 4 is 5.91 Å². The highest BCUT2D eigenvalue weighted by Gasteiger charge is 2.31. The molecule has 0 aromatic carbocycles. The van der Waals surface area contributed by atoms with E-state index in [1.807, 2.05) is 0 Å². The quantitative estimate of drug-likeness (QED) is 0.706. The van der Waals surface area contributed by atoms with E-state index in [4.69, 9.17) is 0 Å². The number of aromatic nitrogens is 2. The van der Waals surface area contributed by atoms with E-state index < -0.39 is 0 Å². The molecule has 1 aliphatic heterocycles. The highest BCUT2D eigenvalue weighted by atomic mass is 16.2. The molecule has 1 aliphatic rings. The highest BCUT2D eigenvalue weighted by molar-refractivity contribution is 5.74. The number of carbonyl (C=O) groups is 1. The summed E-state index contributed by atoms with van der Waals surface area (Å²) < 4.78 is 0. The van der Waals surface area contributed by atoms with E-state index in [9.17, 15) is 9.59 Å². The van der Waals surface area contributed by atoms with Gasteiger partial charge in [-0.1, -0.05) is 0 Å². The molecule has 0 unspecified atom stereocenters. The van der Waals surface area contributed by atoms with Crippen molar-refractivity contribution in [3.8, 4) is 0 Å². The lowest BCUT2D eigenvalue weighted by Gasteiger charge is -2.37. The minimum atomic E-state index is -0.126. The van der Waals surface area contributed by atoms with Gasteiger partial charge in [0.15, 0.2) is 0 Å². The fourth-order valence-corrected chi connectivity index (χ4v) is 1.70. The van der Waals surface area contributed by atoms with Crippen LogP contribution in [0.4, 0.5) is 0 Å². The van der Waals surface area contributed by atoms with Gasteiger partial charge in [-0.2, -0.15) is 0 Å². The van der Waals surface area contributed by atoms with Crippen molar-refractivity contribution in [2.24, 2.45) is 0 Å². The number of likely N-dealkylation sites (tertiary alicyclic amines) is 1. The predicted molar refractivity (Wildman–Crippen MR) is 54.6 cm³/mol. The second-order valence-electron chi connectivity index (χ2n) is 3.89. The van der Waals surface area contributed by atoms with Gasteiger partial charge in [0.05, 0.1) is 5.92 Å². The van der Waals surface area contributed by atoms with Crippen LogP contribution < -0.4 is 5.56 Å². The van der Waals surface area contributed by atoms with E-state index in [0.29, 0.717) is 18.9 Å². The Hall–Kier alpha value is -1.65. The van der Waals surface area contributed by atoms with Crippen LogP contribution in [0.25, 0.3) is 0 Å². The number of hydrogen-bond acceptors (Lipinski definition) is 3. The number of hydrogen-bond donors (Lipinski definition) is 1. The fraction of sp³-hybridized carbons (Fsp3) is 0.500. The Labute approximate surface area is 87.1 Å². The van der Waals surface area contributed by atoms with E-state index in [0.717, 1.165) is 5.69 Å². The molecule has 2 heterocycles. The molecule has 1 N–H and O–H groups in total. The molecule has 0 aliphatic carbocycles. The summed E-state index contributed by atoms with van der Waals surface area (Å²) in [6.45, 7) is 4.65. The number of H-pyrrole nitrogens is 1. The maximum Gasteiger partial charge on any atom is 0.251 e. The van der Waals surface area contributed by atoms with Gasteiger partial charge in [-0.15, -0.1) is 0 Å². The Balaban J connectivity index is 2.13. The summed E-state index contributed by atoms with van der Waals surface area (Å²) >= 11 is 0. The first-order valence-corrected chi connectivity index (χ1v) is 4.89. The highest BCUT2D eigenvalue weighted by Crippen LogP contribution is 2.23. The number of rotatable bonds is 1. The normalized spacial score (nSPS) is 16.3. The molecule has 80 valence electrons. The maximum absolute atomic E-state index is 11.2. The second-order valence-corrected chi connectivity index (χ2v) is 3.89. The lowest BCUT2D eigenvalue weighted by molar-refractivity contribution is -0.133. The molecule has 0 atom stereocenters. The Morgan fingerprint density at radius 1 is 1.60 bits per heavy atom. The maximum atomic E-state index is 11.2. The van der Waals surface area contributed by atoms with Gasteiger partial charge >= 0.3 is 0 Å². The van der Waals surface area contributed by atoms with Crippen molar-refractivity contribution in [3.05, 3.63) is 27.9 Å². The number of aromatic amines is 1. The number of nitrogens with zero attached hydrogens (tertiary/aromatic N) is 2. The Kier molecular flexibility index (Phi) is 2.30. The zero-order valence-corrected chi connectivity index (χ0v) is 8.78. The molecule has 2 rings (SSSR count). The minimum Gasteiger partial charge on any atom is -0.341 e. The first kappa shape index (κ1) is 9.89. The summed E-state index contributed by atoms with van der Waals surface area (Å²) in [6.07, 6.45) is 0. The molecule has 5 nitrogen and oxygen atoms in total. The molecule has 5 heteroatoms. The minimum absolute atomic E-state index is 0.0706. The molecule has 1 aromatic heterocycles. The third-order valence-electron chi connectivity index (χ3n) is 2.60. The van der Waals surface area contributed by atoms with Crippen molar-refractivity contribution in [2.75, 3.05) is 13.1 Å². The average Bonchev–Trinajstić information content (AvgIpc) is 1.97. The van der Waals surface area contributed by atoms with Crippen LogP contribution in [0.15, 0.2) is 10.9 Å². The molecule has 1 fully saturated rings. The first-order valence-electron chi connectivity index (χ1n) is 4.89. The smallest absolute Gasteiger partial charge is 0.251 e. The lowest BCUT2D eigenvalue weighted by Crippen LogP contribution is -2.48. The number of nitrogens with one attached hydrogen (secondary N) is 1. The van der Waals surface area contributed by atoms with Gasteiger partial charge < -0.3 is 9.88 Å². The Bertz CT molecular complexity index is 446. The van der Waals surface area contributed by atoms with Gasteiger partial charge in [0.2, 0.25) is 5.91 Å². The largest absolute Gasteiger partial charge is 0.341 e. The van der Waals surface area contributed by atoms with Gasteiger partial charge in [-0.3, -0.25) is 9.59 Å². The molecule has 1 saturated heterocycles. The number of aryl methyl sites for hydroxylation is 1. The van der Waals surface area contributed by atoms with Crippen molar-refractivity contribution in [2.45, 2.75) is 19.8 Å². The number of amides is 1. The van der Waals surface area contributed by atoms with Crippen LogP contribution >= 0.6 is 0 Å². The zero-order chi connectivity index (χ0) is 11.0. The average molecular weight is 207 g/mol. The van der Waals surface area contributed by atoms with Crippen LogP contribution in [0.3, 0.4) is 0 Å². The van der Waals surface area contributed by atoms with Crippen LogP contribution in [0.2, 0.25) is 0 Å². The molecular weight excluding hydrogens is 194 g/mol. The van der Waals surface area contributed by atoms with Crippen LogP contribution in [0, 0.1) is 6.92 Å². The summed E-state index contributed by atoms with van der Waals surface area (Å²) in [5, 5.41) is 0. The van der Waals surface area contributed by atoms with Gasteiger partial charge in [0.25, 0.3) is 5.56 Å². The van der Waals surface area contributed by atoms with Gasteiger partial charge in [0, 0.05) is 31.8 Å². The van der Waals surface area contributed by atoms with E-state index in [1.165, 1.54) is 6.07 Å². The van der Waals surface area contributed by atoms with Gasteiger partial charge in [-0.25, -0.2) is 4.98 Å². The molecule has 0 bridgehead atoms. The molecule has 15 heavy (non-hydrogen) atoms. The van der Waals surface area contributed by atoms with E-state index in [-0.39, 0.29) is 17.4 Å². The SMILES string of the molecule is CC(=O)N1CC(c2nc(C)cc(=O)[nH]2)C1. The first-order chi connectivity index (χ1) is 7.06. The van der Waals surface area contributed by atoms with Crippen LogP contribution in [-0.4, -0.2) is 33.9 Å². The summed E-state index contributed by atoms with van der Waals surface area (Å²) in [5.74, 6) is 0.945. The summed E-state index contributed by atoms with van der Waals surface area (Å²) in [7, 11) is 0. The van der Waals surface area contributed by atoms with Crippen molar-refractivity contribution in [1.29, 1.82) is 0 Å². The molecular formula is C10H13N3O2. The van der Waals surface area contributed by atoms with E-state index in [2.05, 4.69) is 9.97 Å². The zero-order valence-electron chi connectivity index (χ0n) is 8.78. The Morgan fingerprint density at radius 2 is 2.27 bits per heavy atom. The number of carbonyl (C=O) groups excluding carboxylic acids is 1. The monoisotopic (exact) mass is 207 g/mol. The topological polar surface area (TPSA) is 66.1 Å². The van der Waals surface area contributed by atoms with Gasteiger partial charge in [0.1, 0.15) is 5.82 Å². The summed E-state index contributed by atoms with van der Waals surface area (Å²) in [5.41, 5.74) is 0.591. The van der Waals surface area contributed by atoms with E-state index >= 15 is 0 Å². The van der Waals surface area contributed by atoms with Gasteiger partial charge in [-0.05, 0) is 6.92 Å². The molecule has 1 amide bonds. The molecule has 1 aromatic rings. The molecule has 0 radical (unpaired) electrons. The summed E-state index contributed by atoms with van der Waals surface area (Å²) in [4.78, 5) is 30.9. The van der Waals surface area contributed by atoms with Crippen molar-refractivity contribution in [3.63, 3.8) is 0 Å². The lowest BCUT2D eigenvalue weighted by atomic mass is 9.99. The Morgan fingerprint density at radius 3 is 2.80 bits per heavy atom. The second kappa shape index (κ2) is 3.49. The van der Waals surface area contributed by atoms with Crippen molar-refractivity contribution in [1.82, 2.24) is 14.9 Å². The van der Waals surface area contributed by atoms with Crippen LogP contribution in [-0.2, 0) is 4.79 Å². The molecule has 0 spiro atoms. The third kappa shape index (κ3) is 1.91. The van der Waals surface area contributed by atoms with Crippen LogP contribution in [0.5, 0.6) is 0 Å².